The van der Waals surface area contributed by atoms with Gasteiger partial charge >= 0.3 is 0 Å². The van der Waals surface area contributed by atoms with Crippen LogP contribution in [0.25, 0.3) is 0 Å². The van der Waals surface area contributed by atoms with E-state index in [0.717, 1.165) is 17.7 Å². The van der Waals surface area contributed by atoms with E-state index < -0.39 is 0 Å². The van der Waals surface area contributed by atoms with Crippen LogP contribution in [0.4, 0.5) is 5.82 Å². The van der Waals surface area contributed by atoms with Crippen LogP contribution in [0.3, 0.4) is 0 Å². The molecule has 27 heavy (non-hydrogen) atoms. The van der Waals surface area contributed by atoms with Crippen LogP contribution in [0.5, 0.6) is 0 Å². The Morgan fingerprint density at radius 3 is 2.37 bits per heavy atom. The van der Waals surface area contributed by atoms with Gasteiger partial charge in [-0.15, -0.1) is 0 Å². The van der Waals surface area contributed by atoms with E-state index in [-0.39, 0.29) is 30.7 Å². The molecule has 140 valence electrons. The molecule has 0 unspecified atom stereocenters. The highest BCUT2D eigenvalue weighted by atomic mass is 16.2. The Labute approximate surface area is 157 Å². The summed E-state index contributed by atoms with van der Waals surface area (Å²) in [7, 11) is 0. The zero-order chi connectivity index (χ0) is 18.8. The zero-order valence-electron chi connectivity index (χ0n) is 15.1. The molecule has 1 N–H and O–H groups in total. The predicted molar refractivity (Wildman–Crippen MR) is 99.4 cm³/mol. The van der Waals surface area contributed by atoms with Crippen molar-refractivity contribution < 1.29 is 14.4 Å². The van der Waals surface area contributed by atoms with Crippen molar-refractivity contribution in [1.82, 2.24) is 14.7 Å². The lowest BCUT2D eigenvalue weighted by Crippen LogP contribution is -2.33. The van der Waals surface area contributed by atoms with E-state index in [1.807, 2.05) is 4.68 Å². The molecule has 0 radical (unpaired) electrons. The zero-order valence-corrected chi connectivity index (χ0v) is 15.1. The molecule has 7 heteroatoms. The number of aromatic nitrogens is 2. The molecule has 1 aliphatic heterocycles. The van der Waals surface area contributed by atoms with Gasteiger partial charge in [0.1, 0.15) is 5.82 Å². The molecule has 1 aliphatic carbocycles. The Morgan fingerprint density at radius 2 is 1.70 bits per heavy atom. The van der Waals surface area contributed by atoms with Gasteiger partial charge in [-0.3, -0.25) is 19.3 Å². The second-order valence-corrected chi connectivity index (χ2v) is 7.06. The summed E-state index contributed by atoms with van der Waals surface area (Å²) in [6.07, 6.45) is 7.49. The Bertz CT molecular complexity index is 848. The maximum atomic E-state index is 12.4. The highest BCUT2D eigenvalue weighted by Gasteiger charge is 2.35. The largest absolute Gasteiger partial charge is 0.311 e. The van der Waals surface area contributed by atoms with E-state index in [0.29, 0.717) is 23.0 Å². The summed E-state index contributed by atoms with van der Waals surface area (Å²) >= 11 is 0. The monoisotopic (exact) mass is 366 g/mol. The molecule has 0 atom stereocenters. The number of carbonyl (C=O) groups excluding carboxylic acids is 3. The lowest BCUT2D eigenvalue weighted by molar-refractivity contribution is -0.116. The Kier molecular flexibility index (Phi) is 4.75. The Hall–Kier alpha value is -2.96. The van der Waals surface area contributed by atoms with E-state index in [4.69, 9.17) is 0 Å². The van der Waals surface area contributed by atoms with Crippen LogP contribution in [0.2, 0.25) is 0 Å². The van der Waals surface area contributed by atoms with Crippen molar-refractivity contribution in [3.63, 3.8) is 0 Å². The van der Waals surface area contributed by atoms with Crippen LogP contribution in [-0.4, -0.2) is 38.9 Å². The van der Waals surface area contributed by atoms with Crippen molar-refractivity contribution >= 4 is 23.5 Å². The van der Waals surface area contributed by atoms with Gasteiger partial charge in [0, 0.05) is 19.0 Å². The van der Waals surface area contributed by atoms with Crippen LogP contribution in [0.1, 0.15) is 65.3 Å². The molecule has 0 bridgehead atoms. The molecule has 4 rings (SSSR count). The maximum Gasteiger partial charge on any atom is 0.261 e. The third-order valence-corrected chi connectivity index (χ3v) is 5.30. The number of amides is 3. The SMILES string of the molecule is O=C(CCN1C(=O)c2ccccc2C1=O)Nc1ccnn1C1CCCCC1. The standard InChI is InChI=1S/C20H22N4O3/c25-18(22-17-10-12-21-24(17)14-6-2-1-3-7-14)11-13-23-19(26)15-8-4-5-9-16(15)20(23)27/h4-5,8-10,12,14H,1-3,6-7,11,13H2,(H,22,25). The van der Waals surface area contributed by atoms with Gasteiger partial charge < -0.3 is 5.32 Å². The smallest absolute Gasteiger partial charge is 0.261 e. The molecule has 1 saturated carbocycles. The van der Waals surface area contributed by atoms with Gasteiger partial charge in [-0.2, -0.15) is 5.10 Å². The topological polar surface area (TPSA) is 84.3 Å². The summed E-state index contributed by atoms with van der Waals surface area (Å²) in [4.78, 5) is 38.2. The lowest BCUT2D eigenvalue weighted by Gasteiger charge is -2.24. The van der Waals surface area contributed by atoms with Gasteiger partial charge in [0.05, 0.1) is 23.4 Å². The van der Waals surface area contributed by atoms with Crippen LogP contribution in [0.15, 0.2) is 36.5 Å². The number of nitrogens with zero attached hydrogens (tertiary/aromatic N) is 3. The molecular formula is C20H22N4O3. The molecule has 7 nitrogen and oxygen atoms in total. The second kappa shape index (κ2) is 7.34. The van der Waals surface area contributed by atoms with Gasteiger partial charge in [-0.1, -0.05) is 31.4 Å². The van der Waals surface area contributed by atoms with Crippen LogP contribution >= 0.6 is 0 Å². The highest BCUT2D eigenvalue weighted by molar-refractivity contribution is 6.21. The van der Waals surface area contributed by atoms with Crippen molar-refractivity contribution in [2.75, 3.05) is 11.9 Å². The maximum absolute atomic E-state index is 12.4. The van der Waals surface area contributed by atoms with Crippen LogP contribution in [-0.2, 0) is 4.79 Å². The van der Waals surface area contributed by atoms with Gasteiger partial charge in [0.15, 0.2) is 0 Å². The molecule has 0 spiro atoms. The fourth-order valence-corrected chi connectivity index (χ4v) is 3.89. The summed E-state index contributed by atoms with van der Waals surface area (Å²) in [6, 6.07) is 8.84. The van der Waals surface area contributed by atoms with Gasteiger partial charge in [0.2, 0.25) is 5.91 Å². The normalized spacial score (nSPS) is 17.3. The van der Waals surface area contributed by atoms with E-state index in [1.165, 1.54) is 19.3 Å². The molecular weight excluding hydrogens is 344 g/mol. The minimum atomic E-state index is -0.337. The average molecular weight is 366 g/mol. The quantitative estimate of drug-likeness (QED) is 0.825. The number of anilines is 1. The van der Waals surface area contributed by atoms with E-state index in [2.05, 4.69) is 10.4 Å². The number of fused-ring (bicyclic) bond motifs is 1. The average Bonchev–Trinajstić information content (AvgIpc) is 3.25. The summed E-state index contributed by atoms with van der Waals surface area (Å²) in [6.45, 7) is 0.0652. The third-order valence-electron chi connectivity index (χ3n) is 5.30. The van der Waals surface area contributed by atoms with Gasteiger partial charge in [-0.05, 0) is 25.0 Å². The number of rotatable bonds is 5. The number of nitrogens with one attached hydrogen (secondary N) is 1. The first-order valence-electron chi connectivity index (χ1n) is 9.44. The van der Waals surface area contributed by atoms with Crippen molar-refractivity contribution in [2.24, 2.45) is 0 Å². The molecule has 1 fully saturated rings. The van der Waals surface area contributed by atoms with Crippen molar-refractivity contribution in [3.05, 3.63) is 47.7 Å². The molecule has 2 aromatic rings. The van der Waals surface area contributed by atoms with E-state index in [1.54, 1.807) is 36.5 Å². The fraction of sp³-hybridized carbons (Fsp3) is 0.400. The van der Waals surface area contributed by atoms with Crippen molar-refractivity contribution in [1.29, 1.82) is 0 Å². The predicted octanol–water partition coefficient (Wildman–Crippen LogP) is 3.01. The molecule has 0 saturated heterocycles. The minimum absolute atomic E-state index is 0.0569. The Morgan fingerprint density at radius 1 is 1.04 bits per heavy atom. The Balaban J connectivity index is 1.37. The van der Waals surface area contributed by atoms with E-state index >= 15 is 0 Å². The van der Waals surface area contributed by atoms with Crippen LogP contribution in [0, 0.1) is 0 Å². The van der Waals surface area contributed by atoms with Crippen molar-refractivity contribution in [2.45, 2.75) is 44.6 Å². The molecule has 1 aromatic heterocycles. The fourth-order valence-electron chi connectivity index (χ4n) is 3.89. The number of carbonyl (C=O) groups is 3. The summed E-state index contributed by atoms with van der Waals surface area (Å²) in [5.74, 6) is -0.232. The number of hydrogen-bond donors (Lipinski definition) is 1. The first kappa shape index (κ1) is 17.5. The molecule has 2 heterocycles. The third kappa shape index (κ3) is 3.37. The van der Waals surface area contributed by atoms with Crippen LogP contribution < -0.4 is 5.32 Å². The second-order valence-electron chi connectivity index (χ2n) is 7.06. The van der Waals surface area contributed by atoms with Gasteiger partial charge in [0.25, 0.3) is 11.8 Å². The van der Waals surface area contributed by atoms with Gasteiger partial charge in [-0.25, -0.2) is 4.68 Å². The number of benzene rings is 1. The molecule has 1 aromatic carbocycles. The first-order chi connectivity index (χ1) is 13.1. The highest BCUT2D eigenvalue weighted by Crippen LogP contribution is 2.30. The first-order valence-corrected chi connectivity index (χ1v) is 9.44. The molecule has 3 amide bonds. The lowest BCUT2D eigenvalue weighted by atomic mass is 9.96. The molecule has 2 aliphatic rings. The number of imide groups is 1. The number of hydrogen-bond acceptors (Lipinski definition) is 4. The van der Waals surface area contributed by atoms with Crippen molar-refractivity contribution in [3.8, 4) is 0 Å². The minimum Gasteiger partial charge on any atom is -0.311 e. The summed E-state index contributed by atoms with van der Waals surface area (Å²) in [5, 5.41) is 7.24. The summed E-state index contributed by atoms with van der Waals surface area (Å²) in [5.41, 5.74) is 0.802. The summed E-state index contributed by atoms with van der Waals surface area (Å²) < 4.78 is 1.89. The van der Waals surface area contributed by atoms with E-state index in [9.17, 15) is 14.4 Å².